The van der Waals surface area contributed by atoms with E-state index in [4.69, 9.17) is 14.2 Å². The molecule has 0 aromatic heterocycles. The van der Waals surface area contributed by atoms with Gasteiger partial charge in [-0.1, -0.05) is 12.1 Å². The molecule has 132 valence electrons. The summed E-state index contributed by atoms with van der Waals surface area (Å²) in [5, 5.41) is 16.6. The first-order valence-electron chi connectivity index (χ1n) is 7.73. The minimum atomic E-state index is -1.02. The minimum absolute atomic E-state index is 0.129. The fourth-order valence-electron chi connectivity index (χ4n) is 2.78. The topological polar surface area (TPSA) is 104 Å². The SMILES string of the molecule is CC(=O)N1N=C(c2ccc3c(c2)OCO3)O[C@H]1c1ccccc1[N+](=O)[O-]. The van der Waals surface area contributed by atoms with E-state index in [0.29, 0.717) is 17.1 Å². The molecule has 0 fully saturated rings. The minimum Gasteiger partial charge on any atom is -0.454 e. The van der Waals surface area contributed by atoms with Crippen LogP contribution in [0.1, 0.15) is 24.3 Å². The van der Waals surface area contributed by atoms with E-state index in [0.717, 1.165) is 5.01 Å². The number of nitro benzene ring substituents is 1. The van der Waals surface area contributed by atoms with Crippen molar-refractivity contribution < 1.29 is 23.9 Å². The molecular weight excluding hydrogens is 342 g/mol. The van der Waals surface area contributed by atoms with Gasteiger partial charge in [0.25, 0.3) is 5.69 Å². The van der Waals surface area contributed by atoms with E-state index in [9.17, 15) is 14.9 Å². The van der Waals surface area contributed by atoms with Gasteiger partial charge in [0.2, 0.25) is 24.8 Å². The molecule has 0 saturated carbocycles. The summed E-state index contributed by atoms with van der Waals surface area (Å²) in [4.78, 5) is 22.8. The van der Waals surface area contributed by atoms with Crippen LogP contribution in [0.4, 0.5) is 5.69 Å². The van der Waals surface area contributed by atoms with E-state index >= 15 is 0 Å². The second kappa shape index (κ2) is 6.03. The fourth-order valence-corrected chi connectivity index (χ4v) is 2.78. The first-order chi connectivity index (χ1) is 12.5. The zero-order valence-electron chi connectivity index (χ0n) is 13.6. The lowest BCUT2D eigenvalue weighted by atomic mass is 10.1. The Hall–Kier alpha value is -3.62. The van der Waals surface area contributed by atoms with Gasteiger partial charge < -0.3 is 14.2 Å². The Kier molecular flexibility index (Phi) is 3.68. The highest BCUT2D eigenvalue weighted by atomic mass is 16.7. The molecule has 2 aliphatic heterocycles. The molecule has 0 spiro atoms. The first-order valence-corrected chi connectivity index (χ1v) is 7.73. The Labute approximate surface area is 147 Å². The maximum Gasteiger partial charge on any atom is 0.278 e. The molecule has 1 atom stereocenters. The number of nitrogens with zero attached hydrogens (tertiary/aromatic N) is 3. The molecule has 0 N–H and O–H groups in total. The van der Waals surface area contributed by atoms with Crippen molar-refractivity contribution >= 4 is 17.5 Å². The van der Waals surface area contributed by atoms with Crippen molar-refractivity contribution in [1.82, 2.24) is 5.01 Å². The van der Waals surface area contributed by atoms with Crippen LogP contribution < -0.4 is 9.47 Å². The number of benzene rings is 2. The lowest BCUT2D eigenvalue weighted by Crippen LogP contribution is -2.25. The van der Waals surface area contributed by atoms with Gasteiger partial charge in [-0.2, -0.15) is 5.01 Å². The van der Waals surface area contributed by atoms with Crippen LogP contribution in [0.3, 0.4) is 0 Å². The second-order valence-electron chi connectivity index (χ2n) is 5.62. The highest BCUT2D eigenvalue weighted by Gasteiger charge is 2.37. The Morgan fingerprint density at radius 2 is 2.00 bits per heavy atom. The van der Waals surface area contributed by atoms with Gasteiger partial charge in [-0.05, 0) is 24.3 Å². The number of fused-ring (bicyclic) bond motifs is 1. The molecule has 0 radical (unpaired) electrons. The number of amides is 1. The number of hydrogen-bond donors (Lipinski definition) is 0. The van der Waals surface area contributed by atoms with Crippen LogP contribution >= 0.6 is 0 Å². The van der Waals surface area contributed by atoms with Crippen LogP contribution in [-0.4, -0.2) is 28.5 Å². The maximum atomic E-state index is 12.0. The van der Waals surface area contributed by atoms with Crippen molar-refractivity contribution in [2.75, 3.05) is 6.79 Å². The molecule has 9 heteroatoms. The fraction of sp³-hybridized carbons (Fsp3) is 0.176. The van der Waals surface area contributed by atoms with E-state index in [1.807, 2.05) is 0 Å². The summed E-state index contributed by atoms with van der Waals surface area (Å²) >= 11 is 0. The molecule has 2 aliphatic rings. The Morgan fingerprint density at radius 3 is 2.77 bits per heavy atom. The predicted molar refractivity (Wildman–Crippen MR) is 88.5 cm³/mol. The van der Waals surface area contributed by atoms with Crippen LogP contribution in [0.2, 0.25) is 0 Å². The summed E-state index contributed by atoms with van der Waals surface area (Å²) in [6.07, 6.45) is -1.02. The molecule has 4 rings (SSSR count). The molecule has 0 unspecified atom stereocenters. The molecule has 9 nitrogen and oxygen atoms in total. The third-order valence-electron chi connectivity index (χ3n) is 3.99. The first kappa shape index (κ1) is 15.9. The monoisotopic (exact) mass is 355 g/mol. The van der Waals surface area contributed by atoms with Gasteiger partial charge in [-0.15, -0.1) is 5.10 Å². The van der Waals surface area contributed by atoms with Crippen LogP contribution in [0.15, 0.2) is 47.6 Å². The van der Waals surface area contributed by atoms with Crippen molar-refractivity contribution in [3.8, 4) is 11.5 Å². The third kappa shape index (κ3) is 2.59. The molecule has 2 aromatic carbocycles. The van der Waals surface area contributed by atoms with Crippen LogP contribution in [-0.2, 0) is 9.53 Å². The van der Waals surface area contributed by atoms with E-state index in [-0.39, 0.29) is 23.9 Å². The number of para-hydroxylation sites is 1. The lowest BCUT2D eigenvalue weighted by Gasteiger charge is -2.19. The Balaban J connectivity index is 1.72. The normalized spacial score (nSPS) is 17.7. The number of nitro groups is 1. The van der Waals surface area contributed by atoms with E-state index < -0.39 is 17.1 Å². The number of ether oxygens (including phenoxy) is 3. The van der Waals surface area contributed by atoms with Crippen molar-refractivity contribution in [2.45, 2.75) is 13.2 Å². The molecule has 0 bridgehead atoms. The lowest BCUT2D eigenvalue weighted by molar-refractivity contribution is -0.386. The van der Waals surface area contributed by atoms with E-state index in [1.54, 1.807) is 30.3 Å². The van der Waals surface area contributed by atoms with Crippen molar-refractivity contribution in [2.24, 2.45) is 5.10 Å². The van der Waals surface area contributed by atoms with Crippen molar-refractivity contribution in [3.05, 3.63) is 63.7 Å². The molecule has 1 amide bonds. The average molecular weight is 355 g/mol. The zero-order valence-corrected chi connectivity index (χ0v) is 13.6. The van der Waals surface area contributed by atoms with Gasteiger partial charge in [0.15, 0.2) is 11.5 Å². The van der Waals surface area contributed by atoms with Crippen LogP contribution in [0.25, 0.3) is 0 Å². The maximum absolute atomic E-state index is 12.0. The van der Waals surface area contributed by atoms with Crippen molar-refractivity contribution in [1.29, 1.82) is 0 Å². The standard InChI is InChI=1S/C17H13N3O6/c1-10(21)19-17(12-4-2-3-5-13(12)20(22)23)26-16(18-19)11-6-7-14-15(8-11)25-9-24-14/h2-8,17H,9H2,1H3/t17-/m0/s1. The van der Waals surface area contributed by atoms with Gasteiger partial charge >= 0.3 is 0 Å². The van der Waals surface area contributed by atoms with Crippen molar-refractivity contribution in [3.63, 3.8) is 0 Å². The zero-order chi connectivity index (χ0) is 18.3. The van der Waals surface area contributed by atoms with Gasteiger partial charge in [0, 0.05) is 18.6 Å². The molecule has 2 heterocycles. The summed E-state index contributed by atoms with van der Waals surface area (Å²) in [6.45, 7) is 1.45. The summed E-state index contributed by atoms with van der Waals surface area (Å²) in [7, 11) is 0. The summed E-state index contributed by atoms with van der Waals surface area (Å²) in [6, 6.07) is 11.2. The van der Waals surface area contributed by atoms with Gasteiger partial charge in [-0.25, -0.2) is 0 Å². The number of carbonyl (C=O) groups excluding carboxylic acids is 1. The smallest absolute Gasteiger partial charge is 0.278 e. The highest BCUT2D eigenvalue weighted by Crippen LogP contribution is 2.37. The second-order valence-corrected chi connectivity index (χ2v) is 5.62. The average Bonchev–Trinajstić information content (AvgIpc) is 3.28. The van der Waals surface area contributed by atoms with E-state index in [1.165, 1.54) is 19.1 Å². The summed E-state index contributed by atoms with van der Waals surface area (Å²) in [5.41, 5.74) is 0.666. The predicted octanol–water partition coefficient (Wildman–Crippen LogP) is 2.56. The van der Waals surface area contributed by atoms with E-state index in [2.05, 4.69) is 5.10 Å². The Bertz CT molecular complexity index is 942. The molecule has 0 saturated heterocycles. The molecule has 0 aliphatic carbocycles. The number of hydrogen-bond acceptors (Lipinski definition) is 7. The van der Waals surface area contributed by atoms with Gasteiger partial charge in [-0.3, -0.25) is 14.9 Å². The molecule has 26 heavy (non-hydrogen) atoms. The summed E-state index contributed by atoms with van der Waals surface area (Å²) < 4.78 is 16.4. The molecular formula is C17H13N3O6. The van der Waals surface area contributed by atoms with Gasteiger partial charge in [0.1, 0.15) is 0 Å². The van der Waals surface area contributed by atoms with Crippen LogP contribution in [0.5, 0.6) is 11.5 Å². The number of hydrazone groups is 1. The number of carbonyl (C=O) groups is 1. The molecule has 2 aromatic rings. The number of rotatable bonds is 3. The van der Waals surface area contributed by atoms with Crippen LogP contribution in [0, 0.1) is 10.1 Å². The highest BCUT2D eigenvalue weighted by molar-refractivity contribution is 5.97. The summed E-state index contributed by atoms with van der Waals surface area (Å²) in [5.74, 6) is 0.911. The largest absolute Gasteiger partial charge is 0.454 e. The quantitative estimate of drug-likeness (QED) is 0.619. The third-order valence-corrected chi connectivity index (χ3v) is 3.99. The Morgan fingerprint density at radius 1 is 1.23 bits per heavy atom. The van der Waals surface area contributed by atoms with Gasteiger partial charge in [0.05, 0.1) is 10.5 Å².